The molecule has 0 aromatic carbocycles. The van der Waals surface area contributed by atoms with Gasteiger partial charge in [-0.25, -0.2) is 0 Å². The summed E-state index contributed by atoms with van der Waals surface area (Å²) in [4.78, 5) is 10.1. The molecule has 0 aromatic rings. The van der Waals surface area contributed by atoms with Crippen LogP contribution in [0.15, 0.2) is 0 Å². The summed E-state index contributed by atoms with van der Waals surface area (Å²) >= 11 is 0. The minimum Gasteiger partial charge on any atom is -0.480 e. The van der Waals surface area contributed by atoms with Crippen LogP contribution in [0.4, 0.5) is 0 Å². The van der Waals surface area contributed by atoms with E-state index in [4.69, 9.17) is 15.6 Å². The molecule has 0 fully saturated rings. The van der Waals surface area contributed by atoms with Crippen molar-refractivity contribution in [2.75, 3.05) is 13.7 Å². The number of carboxylic acid groups (broad SMARTS) is 1. The van der Waals surface area contributed by atoms with Gasteiger partial charge in [-0.1, -0.05) is 0 Å². The van der Waals surface area contributed by atoms with Crippen molar-refractivity contribution in [2.24, 2.45) is 5.73 Å². The Morgan fingerprint density at radius 2 is 2.40 bits per heavy atom. The van der Waals surface area contributed by atoms with E-state index < -0.39 is 12.0 Å². The van der Waals surface area contributed by atoms with Gasteiger partial charge in [0.2, 0.25) is 0 Å². The Morgan fingerprint density at radius 1 is 1.80 bits per heavy atom. The van der Waals surface area contributed by atoms with Gasteiger partial charge in [-0.15, -0.1) is 0 Å². The number of methoxy groups -OCH3 is 1. The van der Waals surface area contributed by atoms with Crippen LogP contribution in [0.1, 0.15) is 12.8 Å². The maximum Gasteiger partial charge on any atom is 0.320 e. The van der Waals surface area contributed by atoms with Gasteiger partial charge in [-0.3, -0.25) is 4.79 Å². The average Bonchev–Trinajstić information content (AvgIpc) is 1.88. The summed E-state index contributed by atoms with van der Waals surface area (Å²) in [5.74, 6) is -0.948. The van der Waals surface area contributed by atoms with E-state index in [1.54, 1.807) is 7.11 Å². The van der Waals surface area contributed by atoms with Gasteiger partial charge >= 0.3 is 5.97 Å². The molecule has 1 unspecified atom stereocenters. The van der Waals surface area contributed by atoms with Crippen LogP contribution in [0.2, 0.25) is 0 Å². The maximum absolute atomic E-state index is 10.1. The maximum atomic E-state index is 10.1. The number of hydrogen-bond donors (Lipinski definition) is 2. The molecule has 4 heteroatoms. The van der Waals surface area contributed by atoms with E-state index in [1.165, 1.54) is 0 Å². The van der Waals surface area contributed by atoms with Crippen LogP contribution in [-0.2, 0) is 9.53 Å². The molecule has 4 nitrogen and oxygen atoms in total. The van der Waals surface area contributed by atoms with Gasteiger partial charge in [0.15, 0.2) is 0 Å². The highest BCUT2D eigenvalue weighted by atomic mass is 16.5. The Labute approximate surface area is 60.0 Å². The van der Waals surface area contributed by atoms with Crippen molar-refractivity contribution in [3.63, 3.8) is 0 Å². The molecule has 0 amide bonds. The van der Waals surface area contributed by atoms with Crippen molar-refractivity contribution in [3.8, 4) is 0 Å². The fourth-order valence-electron chi connectivity index (χ4n) is 0.571. The van der Waals surface area contributed by atoms with E-state index in [9.17, 15) is 4.79 Å². The van der Waals surface area contributed by atoms with Gasteiger partial charge in [-0.05, 0) is 12.8 Å². The standard InChI is InChI=1S/C6H13NO3/c1-10-4-2-3-5(7)6(8)9/h5H,2-4,7H2,1H3,(H,8,9). The molecule has 10 heavy (non-hydrogen) atoms. The molecule has 0 saturated heterocycles. The van der Waals surface area contributed by atoms with Crippen molar-refractivity contribution in [1.82, 2.24) is 0 Å². The molecule has 1 atom stereocenters. The summed E-state index contributed by atoms with van der Waals surface area (Å²) in [6, 6.07) is -0.741. The second-order valence-corrected chi connectivity index (χ2v) is 2.08. The fraction of sp³-hybridized carbons (Fsp3) is 0.833. The molecule has 0 saturated carbocycles. The van der Waals surface area contributed by atoms with Gasteiger partial charge < -0.3 is 15.6 Å². The van der Waals surface area contributed by atoms with E-state index >= 15 is 0 Å². The lowest BCUT2D eigenvalue weighted by atomic mass is 10.2. The average molecular weight is 147 g/mol. The van der Waals surface area contributed by atoms with Crippen molar-refractivity contribution < 1.29 is 14.6 Å². The SMILES string of the molecule is COCCCC(N)C(=O)O. The normalized spacial score (nSPS) is 13.0. The zero-order valence-electron chi connectivity index (χ0n) is 6.04. The van der Waals surface area contributed by atoms with E-state index in [-0.39, 0.29) is 0 Å². The molecule has 60 valence electrons. The summed E-state index contributed by atoms with van der Waals surface area (Å²) in [5.41, 5.74) is 5.20. The summed E-state index contributed by atoms with van der Waals surface area (Å²) in [6.07, 6.45) is 1.17. The summed E-state index contributed by atoms with van der Waals surface area (Å²) in [5, 5.41) is 8.32. The van der Waals surface area contributed by atoms with E-state index in [2.05, 4.69) is 0 Å². The molecule has 0 aromatic heterocycles. The Hall–Kier alpha value is -0.610. The van der Waals surface area contributed by atoms with Crippen molar-refractivity contribution in [3.05, 3.63) is 0 Å². The molecule has 0 aliphatic heterocycles. The third kappa shape index (κ3) is 4.29. The van der Waals surface area contributed by atoms with E-state index in [1.807, 2.05) is 0 Å². The lowest BCUT2D eigenvalue weighted by Crippen LogP contribution is -2.30. The topological polar surface area (TPSA) is 72.5 Å². The zero-order valence-corrected chi connectivity index (χ0v) is 6.04. The molecule has 0 radical (unpaired) electrons. The summed E-state index contributed by atoms with van der Waals surface area (Å²) in [6.45, 7) is 0.570. The Morgan fingerprint density at radius 3 is 2.80 bits per heavy atom. The molecular weight excluding hydrogens is 134 g/mol. The third-order valence-electron chi connectivity index (χ3n) is 1.18. The number of nitrogens with two attached hydrogens (primary N) is 1. The first-order chi connectivity index (χ1) is 4.68. The quantitative estimate of drug-likeness (QED) is 0.529. The van der Waals surface area contributed by atoms with E-state index in [0.29, 0.717) is 19.4 Å². The van der Waals surface area contributed by atoms with Crippen LogP contribution in [0.5, 0.6) is 0 Å². The third-order valence-corrected chi connectivity index (χ3v) is 1.18. The molecule has 0 aliphatic carbocycles. The van der Waals surface area contributed by atoms with Crippen LogP contribution >= 0.6 is 0 Å². The smallest absolute Gasteiger partial charge is 0.320 e. The molecule has 0 heterocycles. The minimum atomic E-state index is -0.948. The first-order valence-electron chi connectivity index (χ1n) is 3.15. The summed E-state index contributed by atoms with van der Waals surface area (Å²) in [7, 11) is 1.58. The molecular formula is C6H13NO3. The van der Waals surface area contributed by atoms with Gasteiger partial charge in [0.1, 0.15) is 6.04 Å². The predicted molar refractivity (Wildman–Crippen MR) is 36.7 cm³/mol. The fourth-order valence-corrected chi connectivity index (χ4v) is 0.571. The van der Waals surface area contributed by atoms with Crippen LogP contribution in [0, 0.1) is 0 Å². The van der Waals surface area contributed by atoms with Gasteiger partial charge in [0, 0.05) is 13.7 Å². The molecule has 0 spiro atoms. The van der Waals surface area contributed by atoms with Gasteiger partial charge in [-0.2, -0.15) is 0 Å². The number of hydrogen-bond acceptors (Lipinski definition) is 3. The minimum absolute atomic E-state index is 0.475. The lowest BCUT2D eigenvalue weighted by Gasteiger charge is -2.03. The van der Waals surface area contributed by atoms with Crippen LogP contribution < -0.4 is 5.73 Å². The zero-order chi connectivity index (χ0) is 7.98. The van der Waals surface area contributed by atoms with Crippen LogP contribution in [-0.4, -0.2) is 30.8 Å². The van der Waals surface area contributed by atoms with Crippen LogP contribution in [0.3, 0.4) is 0 Å². The lowest BCUT2D eigenvalue weighted by molar-refractivity contribution is -0.138. The van der Waals surface area contributed by atoms with Gasteiger partial charge in [0.05, 0.1) is 0 Å². The van der Waals surface area contributed by atoms with Crippen molar-refractivity contribution >= 4 is 5.97 Å². The van der Waals surface area contributed by atoms with E-state index in [0.717, 1.165) is 0 Å². The predicted octanol–water partition coefficient (Wildman–Crippen LogP) is -0.175. The number of carbonyl (C=O) groups is 1. The molecule has 3 N–H and O–H groups in total. The molecule has 0 aliphatic rings. The highest BCUT2D eigenvalue weighted by molar-refractivity contribution is 5.72. The number of carboxylic acids is 1. The molecule has 0 bridgehead atoms. The second-order valence-electron chi connectivity index (χ2n) is 2.08. The van der Waals surface area contributed by atoms with Gasteiger partial charge in [0.25, 0.3) is 0 Å². The summed E-state index contributed by atoms with van der Waals surface area (Å²) < 4.78 is 4.72. The monoisotopic (exact) mass is 147 g/mol. The molecule has 0 rings (SSSR count). The number of ether oxygens (including phenoxy) is 1. The van der Waals surface area contributed by atoms with Crippen molar-refractivity contribution in [2.45, 2.75) is 18.9 Å². The number of aliphatic carboxylic acids is 1. The first kappa shape index (κ1) is 9.39. The highest BCUT2D eigenvalue weighted by Gasteiger charge is 2.09. The first-order valence-corrected chi connectivity index (χ1v) is 3.15. The van der Waals surface area contributed by atoms with Crippen molar-refractivity contribution in [1.29, 1.82) is 0 Å². The Bertz CT molecular complexity index is 105. The number of rotatable bonds is 5. The Kier molecular flexibility index (Phi) is 4.88. The van der Waals surface area contributed by atoms with Crippen LogP contribution in [0.25, 0.3) is 0 Å². The largest absolute Gasteiger partial charge is 0.480 e. The Balaban J connectivity index is 3.21. The highest BCUT2D eigenvalue weighted by Crippen LogP contribution is 1.93. The second kappa shape index (κ2) is 5.20.